The topological polar surface area (TPSA) is 96.2 Å². The molecule has 0 aliphatic carbocycles. The molecule has 7 heteroatoms. The second-order valence-corrected chi connectivity index (χ2v) is 2.74. The number of rotatable bonds is 4. The van der Waals surface area contributed by atoms with Crippen LogP contribution in [0.5, 0.6) is 5.88 Å². The summed E-state index contributed by atoms with van der Waals surface area (Å²) in [6, 6.07) is 0. The van der Waals surface area contributed by atoms with Crippen molar-refractivity contribution in [3.05, 3.63) is 15.9 Å². The number of aryl methyl sites for hydroxylation is 1. The van der Waals surface area contributed by atoms with Gasteiger partial charge >= 0.3 is 5.82 Å². The maximum atomic E-state index is 10.6. The molecule has 1 aromatic rings. The van der Waals surface area contributed by atoms with E-state index >= 15 is 0 Å². The standard InChI is InChI=1S/C7H12N4O3/c1-5-9-6(11(12)13)7(10(5)2)14-4-3-8/h3-4,8H2,1-2H3. The van der Waals surface area contributed by atoms with E-state index in [9.17, 15) is 10.1 Å². The van der Waals surface area contributed by atoms with Crippen LogP contribution in [-0.2, 0) is 7.05 Å². The van der Waals surface area contributed by atoms with Crippen LogP contribution in [0.25, 0.3) is 0 Å². The summed E-state index contributed by atoms with van der Waals surface area (Å²) in [5.41, 5.74) is 5.23. The Labute approximate surface area is 80.6 Å². The summed E-state index contributed by atoms with van der Waals surface area (Å²) in [6.45, 7) is 2.21. The molecule has 0 unspecified atom stereocenters. The van der Waals surface area contributed by atoms with Crippen LogP contribution in [0.4, 0.5) is 5.82 Å². The molecule has 0 spiro atoms. The van der Waals surface area contributed by atoms with Crippen molar-refractivity contribution in [1.29, 1.82) is 0 Å². The summed E-state index contributed by atoms with van der Waals surface area (Å²) in [6.07, 6.45) is 0. The third kappa shape index (κ3) is 1.82. The quantitative estimate of drug-likeness (QED) is 0.544. The van der Waals surface area contributed by atoms with Crippen molar-refractivity contribution in [2.24, 2.45) is 12.8 Å². The van der Waals surface area contributed by atoms with Gasteiger partial charge in [-0.3, -0.25) is 4.57 Å². The van der Waals surface area contributed by atoms with E-state index in [1.54, 1.807) is 14.0 Å². The summed E-state index contributed by atoms with van der Waals surface area (Å²) >= 11 is 0. The number of nitro groups is 1. The fourth-order valence-corrected chi connectivity index (χ4v) is 1.01. The van der Waals surface area contributed by atoms with Gasteiger partial charge in [0.25, 0.3) is 5.88 Å². The maximum Gasteiger partial charge on any atom is 0.426 e. The Kier molecular flexibility index (Phi) is 3.03. The third-order valence-corrected chi connectivity index (χ3v) is 1.78. The zero-order chi connectivity index (χ0) is 10.7. The molecule has 0 fully saturated rings. The predicted molar refractivity (Wildman–Crippen MR) is 49.1 cm³/mol. The Morgan fingerprint density at radius 1 is 1.71 bits per heavy atom. The summed E-state index contributed by atoms with van der Waals surface area (Å²) in [4.78, 5) is 13.8. The molecule has 0 saturated heterocycles. The van der Waals surface area contributed by atoms with E-state index in [1.807, 2.05) is 0 Å². The van der Waals surface area contributed by atoms with Gasteiger partial charge in [-0.05, 0) is 9.91 Å². The van der Waals surface area contributed by atoms with Crippen molar-refractivity contribution < 1.29 is 9.66 Å². The van der Waals surface area contributed by atoms with Crippen LogP contribution in [0.15, 0.2) is 0 Å². The van der Waals surface area contributed by atoms with Gasteiger partial charge in [0.05, 0.1) is 0 Å². The van der Waals surface area contributed by atoms with Gasteiger partial charge < -0.3 is 20.6 Å². The normalized spacial score (nSPS) is 10.2. The van der Waals surface area contributed by atoms with E-state index in [-0.39, 0.29) is 18.3 Å². The molecule has 14 heavy (non-hydrogen) atoms. The highest BCUT2D eigenvalue weighted by Gasteiger charge is 2.24. The Hall–Kier alpha value is -1.63. The van der Waals surface area contributed by atoms with E-state index in [1.165, 1.54) is 4.57 Å². The van der Waals surface area contributed by atoms with Crippen LogP contribution in [0.3, 0.4) is 0 Å². The fourth-order valence-electron chi connectivity index (χ4n) is 1.01. The molecule has 0 radical (unpaired) electrons. The minimum absolute atomic E-state index is 0.151. The smallest absolute Gasteiger partial charge is 0.426 e. The molecule has 0 aliphatic rings. The molecule has 0 bridgehead atoms. The summed E-state index contributed by atoms with van der Waals surface area (Å²) in [7, 11) is 1.65. The highest BCUT2D eigenvalue weighted by Crippen LogP contribution is 2.25. The zero-order valence-corrected chi connectivity index (χ0v) is 8.06. The average molecular weight is 200 g/mol. The van der Waals surface area contributed by atoms with Crippen molar-refractivity contribution in [2.75, 3.05) is 13.2 Å². The summed E-state index contributed by atoms with van der Waals surface area (Å²) in [5.74, 6) is 0.417. The number of nitrogens with two attached hydrogens (primary N) is 1. The van der Waals surface area contributed by atoms with Crippen LogP contribution < -0.4 is 10.5 Å². The second-order valence-electron chi connectivity index (χ2n) is 2.74. The first kappa shape index (κ1) is 10.5. The summed E-state index contributed by atoms with van der Waals surface area (Å²) < 4.78 is 6.65. The lowest BCUT2D eigenvalue weighted by Crippen LogP contribution is -2.13. The molecule has 1 aromatic heterocycles. The number of aromatic nitrogens is 2. The highest BCUT2D eigenvalue weighted by atomic mass is 16.6. The van der Waals surface area contributed by atoms with Crippen molar-refractivity contribution in [1.82, 2.24) is 9.55 Å². The SMILES string of the molecule is Cc1nc([N+](=O)[O-])c(OCCN)n1C. The Bertz CT molecular complexity index is 347. The van der Waals surface area contributed by atoms with Crippen molar-refractivity contribution >= 4 is 5.82 Å². The van der Waals surface area contributed by atoms with Gasteiger partial charge in [0.2, 0.25) is 5.82 Å². The molecule has 0 amide bonds. The maximum absolute atomic E-state index is 10.6. The van der Waals surface area contributed by atoms with Crippen LogP contribution in [-0.4, -0.2) is 27.6 Å². The van der Waals surface area contributed by atoms with Gasteiger partial charge in [-0.2, -0.15) is 0 Å². The molecule has 0 aliphatic heterocycles. The van der Waals surface area contributed by atoms with E-state index in [4.69, 9.17) is 10.5 Å². The Morgan fingerprint density at radius 2 is 2.36 bits per heavy atom. The number of nitrogens with zero attached hydrogens (tertiary/aromatic N) is 3. The van der Waals surface area contributed by atoms with Crippen molar-refractivity contribution in [2.45, 2.75) is 6.92 Å². The van der Waals surface area contributed by atoms with E-state index in [0.29, 0.717) is 12.4 Å². The first-order chi connectivity index (χ1) is 6.57. The van der Waals surface area contributed by atoms with E-state index in [0.717, 1.165) is 0 Å². The van der Waals surface area contributed by atoms with Crippen molar-refractivity contribution in [3.63, 3.8) is 0 Å². The molecular weight excluding hydrogens is 188 g/mol. The zero-order valence-electron chi connectivity index (χ0n) is 8.06. The first-order valence-corrected chi connectivity index (χ1v) is 4.08. The van der Waals surface area contributed by atoms with Gasteiger partial charge in [-0.1, -0.05) is 0 Å². The summed E-state index contributed by atoms with van der Waals surface area (Å²) in [5, 5.41) is 10.6. The number of hydrogen-bond acceptors (Lipinski definition) is 5. The van der Waals surface area contributed by atoms with Gasteiger partial charge in [-0.15, -0.1) is 0 Å². The fraction of sp³-hybridized carbons (Fsp3) is 0.571. The molecule has 78 valence electrons. The van der Waals surface area contributed by atoms with Crippen LogP contribution in [0.2, 0.25) is 0 Å². The van der Waals surface area contributed by atoms with Gasteiger partial charge in [-0.25, -0.2) is 0 Å². The second kappa shape index (κ2) is 4.05. The Balaban J connectivity index is 3.03. The largest absolute Gasteiger partial charge is 0.471 e. The minimum Gasteiger partial charge on any atom is -0.471 e. The molecule has 2 N–H and O–H groups in total. The lowest BCUT2D eigenvalue weighted by molar-refractivity contribution is -0.390. The van der Waals surface area contributed by atoms with Gasteiger partial charge in [0, 0.05) is 20.5 Å². The molecule has 0 aromatic carbocycles. The highest BCUT2D eigenvalue weighted by molar-refractivity contribution is 5.35. The van der Waals surface area contributed by atoms with Crippen LogP contribution in [0.1, 0.15) is 5.82 Å². The van der Waals surface area contributed by atoms with Crippen LogP contribution in [0, 0.1) is 17.0 Å². The lowest BCUT2D eigenvalue weighted by Gasteiger charge is -2.03. The number of hydrogen-bond donors (Lipinski definition) is 1. The molecular formula is C7H12N4O3. The van der Waals surface area contributed by atoms with Crippen LogP contribution >= 0.6 is 0 Å². The van der Waals surface area contributed by atoms with Gasteiger partial charge in [0.1, 0.15) is 6.61 Å². The molecule has 0 atom stereocenters. The van der Waals surface area contributed by atoms with E-state index < -0.39 is 4.92 Å². The molecule has 0 saturated carbocycles. The molecule has 1 heterocycles. The minimum atomic E-state index is -0.571. The van der Waals surface area contributed by atoms with Crippen molar-refractivity contribution in [3.8, 4) is 5.88 Å². The molecule has 1 rings (SSSR count). The molecule has 7 nitrogen and oxygen atoms in total. The average Bonchev–Trinajstić information content (AvgIpc) is 2.41. The Morgan fingerprint density at radius 3 is 2.86 bits per heavy atom. The van der Waals surface area contributed by atoms with E-state index in [2.05, 4.69) is 4.98 Å². The number of ether oxygens (including phenoxy) is 1. The number of imidazole rings is 1. The first-order valence-electron chi connectivity index (χ1n) is 4.08. The van der Waals surface area contributed by atoms with Gasteiger partial charge in [0.15, 0.2) is 0 Å². The predicted octanol–water partition coefficient (Wildman–Crippen LogP) is -0.0258. The lowest BCUT2D eigenvalue weighted by atomic mass is 10.6. The monoisotopic (exact) mass is 200 g/mol. The third-order valence-electron chi connectivity index (χ3n) is 1.78.